The third kappa shape index (κ3) is 4.70. The van der Waals surface area contributed by atoms with E-state index in [2.05, 4.69) is 22.7 Å². The standard InChI is InChI=1S/C15H20N4O2S/c1-2-3-9-19-13(4-8-17-19)18-14(20)5-7-16-15(21)12-6-10-22-11-12/h4,6,8,10-11H,2-3,5,7,9H2,1H3,(H,16,21)(H,18,20). The summed E-state index contributed by atoms with van der Waals surface area (Å²) in [5, 5.41) is 13.4. The number of nitrogens with one attached hydrogen (secondary N) is 2. The second kappa shape index (κ2) is 8.33. The number of carbonyl (C=O) groups is 2. The number of hydrogen-bond acceptors (Lipinski definition) is 4. The summed E-state index contributed by atoms with van der Waals surface area (Å²) in [4.78, 5) is 23.6. The lowest BCUT2D eigenvalue weighted by atomic mass is 10.3. The second-order valence-corrected chi connectivity index (χ2v) is 5.64. The minimum atomic E-state index is -0.151. The van der Waals surface area contributed by atoms with Gasteiger partial charge in [-0.05, 0) is 17.9 Å². The predicted molar refractivity (Wildman–Crippen MR) is 87.0 cm³/mol. The van der Waals surface area contributed by atoms with Crippen LogP contribution in [0.4, 0.5) is 5.82 Å². The maximum absolute atomic E-state index is 11.9. The highest BCUT2D eigenvalue weighted by atomic mass is 32.1. The zero-order valence-corrected chi connectivity index (χ0v) is 13.4. The molecule has 2 aromatic heterocycles. The van der Waals surface area contributed by atoms with Crippen molar-refractivity contribution < 1.29 is 9.59 Å². The maximum Gasteiger partial charge on any atom is 0.252 e. The molecule has 0 saturated carbocycles. The van der Waals surface area contributed by atoms with Gasteiger partial charge in [-0.25, -0.2) is 4.68 Å². The zero-order chi connectivity index (χ0) is 15.8. The van der Waals surface area contributed by atoms with Crippen LogP contribution in [-0.2, 0) is 11.3 Å². The third-order valence-electron chi connectivity index (χ3n) is 3.13. The Hall–Kier alpha value is -2.15. The van der Waals surface area contributed by atoms with Gasteiger partial charge in [0, 0.05) is 36.5 Å². The average molecular weight is 320 g/mol. The number of thiophene rings is 1. The molecule has 2 heterocycles. The van der Waals surface area contributed by atoms with Gasteiger partial charge in [-0.2, -0.15) is 16.4 Å². The lowest BCUT2D eigenvalue weighted by Crippen LogP contribution is -2.27. The van der Waals surface area contributed by atoms with Crippen molar-refractivity contribution in [2.24, 2.45) is 0 Å². The van der Waals surface area contributed by atoms with E-state index in [-0.39, 0.29) is 18.2 Å². The largest absolute Gasteiger partial charge is 0.351 e. The number of hydrogen-bond donors (Lipinski definition) is 2. The first-order valence-electron chi connectivity index (χ1n) is 7.32. The molecule has 7 heteroatoms. The summed E-state index contributed by atoms with van der Waals surface area (Å²) in [6, 6.07) is 3.53. The minimum absolute atomic E-state index is 0.135. The quantitative estimate of drug-likeness (QED) is 0.784. The van der Waals surface area contributed by atoms with Gasteiger partial charge in [-0.1, -0.05) is 13.3 Å². The summed E-state index contributed by atoms with van der Waals surface area (Å²) in [5.41, 5.74) is 0.628. The number of unbranched alkanes of at least 4 members (excludes halogenated alkanes) is 1. The average Bonchev–Trinajstić information content (AvgIpc) is 3.16. The van der Waals surface area contributed by atoms with Crippen molar-refractivity contribution in [3.8, 4) is 0 Å². The van der Waals surface area contributed by atoms with Crippen LogP contribution < -0.4 is 10.6 Å². The van der Waals surface area contributed by atoms with Gasteiger partial charge in [0.2, 0.25) is 5.91 Å². The zero-order valence-electron chi connectivity index (χ0n) is 12.5. The van der Waals surface area contributed by atoms with Crippen molar-refractivity contribution in [1.29, 1.82) is 0 Å². The summed E-state index contributed by atoms with van der Waals surface area (Å²) < 4.78 is 1.78. The molecule has 118 valence electrons. The molecule has 0 aliphatic carbocycles. The predicted octanol–water partition coefficient (Wildman–Crippen LogP) is 2.50. The van der Waals surface area contributed by atoms with Crippen LogP contribution >= 0.6 is 11.3 Å². The van der Waals surface area contributed by atoms with Gasteiger partial charge in [0.05, 0.1) is 6.20 Å². The van der Waals surface area contributed by atoms with Crippen LogP contribution in [0.25, 0.3) is 0 Å². The highest BCUT2D eigenvalue weighted by Crippen LogP contribution is 2.08. The van der Waals surface area contributed by atoms with Crippen LogP contribution in [-0.4, -0.2) is 28.1 Å². The first-order valence-corrected chi connectivity index (χ1v) is 8.27. The Morgan fingerprint density at radius 2 is 2.23 bits per heavy atom. The van der Waals surface area contributed by atoms with Crippen molar-refractivity contribution >= 4 is 29.0 Å². The van der Waals surface area contributed by atoms with Crippen LogP contribution in [0.3, 0.4) is 0 Å². The molecule has 6 nitrogen and oxygen atoms in total. The molecule has 2 rings (SSSR count). The Morgan fingerprint density at radius 1 is 1.36 bits per heavy atom. The third-order valence-corrected chi connectivity index (χ3v) is 3.81. The van der Waals surface area contributed by atoms with E-state index in [1.54, 1.807) is 28.4 Å². The van der Waals surface area contributed by atoms with Crippen LogP contribution in [0.2, 0.25) is 0 Å². The van der Waals surface area contributed by atoms with E-state index in [0.717, 1.165) is 19.4 Å². The van der Waals surface area contributed by atoms with Gasteiger partial charge < -0.3 is 10.6 Å². The molecule has 2 N–H and O–H groups in total. The van der Waals surface area contributed by atoms with Crippen molar-refractivity contribution in [2.75, 3.05) is 11.9 Å². The molecule has 0 fully saturated rings. The molecule has 0 atom stereocenters. The number of aromatic nitrogens is 2. The van der Waals surface area contributed by atoms with E-state index < -0.39 is 0 Å². The second-order valence-electron chi connectivity index (χ2n) is 4.86. The van der Waals surface area contributed by atoms with E-state index in [9.17, 15) is 9.59 Å². The molecule has 0 aliphatic rings. The molecule has 0 aromatic carbocycles. The number of nitrogens with zero attached hydrogens (tertiary/aromatic N) is 2. The molecule has 0 saturated heterocycles. The Bertz CT molecular complexity index is 607. The van der Waals surface area contributed by atoms with E-state index in [0.29, 0.717) is 17.9 Å². The van der Waals surface area contributed by atoms with Crippen molar-refractivity contribution in [2.45, 2.75) is 32.7 Å². The van der Waals surface area contributed by atoms with Gasteiger partial charge in [-0.3, -0.25) is 9.59 Å². The van der Waals surface area contributed by atoms with Gasteiger partial charge in [0.25, 0.3) is 5.91 Å². The first kappa shape index (κ1) is 16.2. The van der Waals surface area contributed by atoms with Gasteiger partial charge in [-0.15, -0.1) is 0 Å². The SMILES string of the molecule is CCCCn1nccc1NC(=O)CCNC(=O)c1ccsc1. The fourth-order valence-corrected chi connectivity index (χ4v) is 2.55. The molecule has 22 heavy (non-hydrogen) atoms. The lowest BCUT2D eigenvalue weighted by molar-refractivity contribution is -0.116. The molecule has 0 radical (unpaired) electrons. The molecular formula is C15H20N4O2S. The lowest BCUT2D eigenvalue weighted by Gasteiger charge is -2.09. The van der Waals surface area contributed by atoms with Crippen LogP contribution in [0, 0.1) is 0 Å². The summed E-state index contributed by atoms with van der Waals surface area (Å²) in [6.45, 7) is 3.20. The van der Waals surface area contributed by atoms with Gasteiger partial charge in [0.15, 0.2) is 0 Å². The Balaban J connectivity index is 1.74. The molecule has 0 unspecified atom stereocenters. The summed E-state index contributed by atoms with van der Waals surface area (Å²) in [7, 11) is 0. The molecule has 0 bridgehead atoms. The van der Waals surface area contributed by atoms with Crippen molar-refractivity contribution in [3.63, 3.8) is 0 Å². The topological polar surface area (TPSA) is 76.0 Å². The van der Waals surface area contributed by atoms with E-state index in [1.165, 1.54) is 11.3 Å². The van der Waals surface area contributed by atoms with Crippen molar-refractivity contribution in [1.82, 2.24) is 15.1 Å². The fourth-order valence-electron chi connectivity index (χ4n) is 1.92. The summed E-state index contributed by atoms with van der Waals surface area (Å²) >= 11 is 1.47. The van der Waals surface area contributed by atoms with E-state index >= 15 is 0 Å². The van der Waals surface area contributed by atoms with Crippen molar-refractivity contribution in [3.05, 3.63) is 34.7 Å². The number of aryl methyl sites for hydroxylation is 1. The van der Waals surface area contributed by atoms with Crippen LogP contribution in [0.15, 0.2) is 29.1 Å². The smallest absolute Gasteiger partial charge is 0.252 e. The Labute approximate surface area is 133 Å². The normalized spacial score (nSPS) is 10.4. The minimum Gasteiger partial charge on any atom is -0.351 e. The van der Waals surface area contributed by atoms with Crippen LogP contribution in [0.1, 0.15) is 36.5 Å². The first-order chi connectivity index (χ1) is 10.7. The van der Waals surface area contributed by atoms with Crippen LogP contribution in [0.5, 0.6) is 0 Å². The number of carbonyl (C=O) groups excluding carboxylic acids is 2. The van der Waals surface area contributed by atoms with Gasteiger partial charge >= 0.3 is 0 Å². The highest BCUT2D eigenvalue weighted by molar-refractivity contribution is 7.08. The molecule has 0 aliphatic heterocycles. The van der Waals surface area contributed by atoms with Gasteiger partial charge in [0.1, 0.15) is 5.82 Å². The molecular weight excluding hydrogens is 300 g/mol. The Morgan fingerprint density at radius 3 is 2.95 bits per heavy atom. The molecule has 2 amide bonds. The number of rotatable bonds is 8. The number of amides is 2. The molecule has 0 spiro atoms. The maximum atomic E-state index is 11.9. The Kier molecular flexibility index (Phi) is 6.14. The summed E-state index contributed by atoms with van der Waals surface area (Å²) in [5.74, 6) is 0.411. The molecule has 2 aromatic rings. The number of anilines is 1. The summed E-state index contributed by atoms with van der Waals surface area (Å²) in [6.07, 6.45) is 3.99. The highest BCUT2D eigenvalue weighted by Gasteiger charge is 2.09. The van der Waals surface area contributed by atoms with E-state index in [4.69, 9.17) is 0 Å². The monoisotopic (exact) mass is 320 g/mol. The fraction of sp³-hybridized carbons (Fsp3) is 0.400. The van der Waals surface area contributed by atoms with E-state index in [1.807, 2.05) is 5.38 Å².